The summed E-state index contributed by atoms with van der Waals surface area (Å²) < 4.78 is 0. The summed E-state index contributed by atoms with van der Waals surface area (Å²) in [7, 11) is 0. The van der Waals surface area contributed by atoms with Crippen LogP contribution in [0.4, 0.5) is 5.82 Å². The number of aromatic nitrogens is 1. The van der Waals surface area contributed by atoms with Crippen LogP contribution < -0.4 is 4.90 Å². The van der Waals surface area contributed by atoms with E-state index in [1.165, 1.54) is 18.4 Å². The molecule has 1 saturated heterocycles. The molecule has 1 aromatic rings. The molecule has 106 valence electrons. The molecule has 19 heavy (non-hydrogen) atoms. The van der Waals surface area contributed by atoms with E-state index in [-0.39, 0.29) is 6.61 Å². The molecule has 1 aliphatic heterocycles. The highest BCUT2D eigenvalue weighted by molar-refractivity contribution is 5.47. The first-order chi connectivity index (χ1) is 8.91. The fourth-order valence-electron chi connectivity index (χ4n) is 3.00. The van der Waals surface area contributed by atoms with Crippen molar-refractivity contribution in [1.82, 2.24) is 4.98 Å². The van der Waals surface area contributed by atoms with Crippen LogP contribution >= 0.6 is 0 Å². The second kappa shape index (κ2) is 5.49. The highest BCUT2D eigenvalue weighted by Gasteiger charge is 2.29. The fourth-order valence-corrected chi connectivity index (χ4v) is 3.00. The van der Waals surface area contributed by atoms with E-state index < -0.39 is 0 Å². The Morgan fingerprint density at radius 3 is 2.42 bits per heavy atom. The summed E-state index contributed by atoms with van der Waals surface area (Å²) >= 11 is 0. The molecule has 2 rings (SSSR count). The van der Waals surface area contributed by atoms with Crippen molar-refractivity contribution in [2.24, 2.45) is 11.3 Å². The van der Waals surface area contributed by atoms with Crippen molar-refractivity contribution < 1.29 is 5.11 Å². The van der Waals surface area contributed by atoms with Gasteiger partial charge >= 0.3 is 0 Å². The van der Waals surface area contributed by atoms with Gasteiger partial charge in [-0.05, 0) is 48.3 Å². The largest absolute Gasteiger partial charge is 0.392 e. The highest BCUT2D eigenvalue weighted by atomic mass is 16.3. The smallest absolute Gasteiger partial charge is 0.131 e. The van der Waals surface area contributed by atoms with E-state index in [9.17, 15) is 0 Å². The first kappa shape index (κ1) is 14.3. The fraction of sp³-hybridized carbons (Fsp3) is 0.688. The summed E-state index contributed by atoms with van der Waals surface area (Å²) in [5.41, 5.74) is 2.47. The number of hydrogen-bond acceptors (Lipinski definition) is 3. The number of rotatable bonds is 2. The predicted octanol–water partition coefficient (Wildman–Crippen LogP) is 3.14. The third-order valence-electron chi connectivity index (χ3n) is 4.31. The number of nitrogens with zero attached hydrogens (tertiary/aromatic N) is 2. The lowest BCUT2D eigenvalue weighted by molar-refractivity contribution is 0.198. The second-order valence-corrected chi connectivity index (χ2v) is 6.77. The summed E-state index contributed by atoms with van der Waals surface area (Å²) in [5, 5.41) is 9.13. The van der Waals surface area contributed by atoms with Crippen molar-refractivity contribution in [3.8, 4) is 0 Å². The van der Waals surface area contributed by atoms with Crippen LogP contribution in [0.2, 0.25) is 0 Å². The molecule has 2 heterocycles. The molecule has 0 atom stereocenters. The van der Waals surface area contributed by atoms with Gasteiger partial charge in [0.05, 0.1) is 6.61 Å². The SMILES string of the molecule is Cc1cc(CO)cnc1N1CCC(C(C)(C)C)CC1. The highest BCUT2D eigenvalue weighted by Crippen LogP contribution is 2.35. The van der Waals surface area contributed by atoms with Crippen LogP contribution in [0.5, 0.6) is 0 Å². The Balaban J connectivity index is 2.06. The van der Waals surface area contributed by atoms with E-state index in [0.29, 0.717) is 5.41 Å². The first-order valence-electron chi connectivity index (χ1n) is 7.23. The lowest BCUT2D eigenvalue weighted by atomic mass is 9.75. The topological polar surface area (TPSA) is 36.4 Å². The molecule has 0 bridgehead atoms. The molecule has 0 amide bonds. The maximum absolute atomic E-state index is 9.13. The van der Waals surface area contributed by atoms with Gasteiger partial charge in [-0.3, -0.25) is 0 Å². The maximum atomic E-state index is 9.13. The number of piperidine rings is 1. The van der Waals surface area contributed by atoms with Gasteiger partial charge in [-0.15, -0.1) is 0 Å². The molecular weight excluding hydrogens is 236 g/mol. The molecule has 0 saturated carbocycles. The van der Waals surface area contributed by atoms with Crippen molar-refractivity contribution in [2.75, 3.05) is 18.0 Å². The van der Waals surface area contributed by atoms with Crippen LogP contribution in [0.1, 0.15) is 44.7 Å². The lowest BCUT2D eigenvalue weighted by Crippen LogP contribution is -2.38. The average molecular weight is 262 g/mol. The first-order valence-corrected chi connectivity index (χ1v) is 7.23. The van der Waals surface area contributed by atoms with E-state index in [1.807, 2.05) is 6.07 Å². The Morgan fingerprint density at radius 2 is 1.95 bits per heavy atom. The van der Waals surface area contributed by atoms with Gasteiger partial charge in [-0.2, -0.15) is 0 Å². The predicted molar refractivity (Wildman–Crippen MR) is 79.3 cm³/mol. The van der Waals surface area contributed by atoms with E-state index in [0.717, 1.165) is 30.4 Å². The van der Waals surface area contributed by atoms with Gasteiger partial charge < -0.3 is 10.0 Å². The molecule has 0 aliphatic carbocycles. The third kappa shape index (κ3) is 3.27. The Morgan fingerprint density at radius 1 is 1.32 bits per heavy atom. The molecule has 1 aliphatic rings. The van der Waals surface area contributed by atoms with Gasteiger partial charge in [0.2, 0.25) is 0 Å². The Kier molecular flexibility index (Phi) is 4.14. The molecular formula is C16H26N2O. The van der Waals surface area contributed by atoms with Gasteiger partial charge in [-0.25, -0.2) is 4.98 Å². The number of aryl methyl sites for hydroxylation is 1. The Hall–Kier alpha value is -1.09. The molecule has 1 fully saturated rings. The quantitative estimate of drug-likeness (QED) is 0.889. The minimum atomic E-state index is 0.0697. The molecule has 3 heteroatoms. The zero-order chi connectivity index (χ0) is 14.0. The molecule has 3 nitrogen and oxygen atoms in total. The van der Waals surface area contributed by atoms with Crippen molar-refractivity contribution in [2.45, 2.75) is 47.1 Å². The summed E-state index contributed by atoms with van der Waals surface area (Å²) in [5.74, 6) is 1.89. The van der Waals surface area contributed by atoms with Gasteiger partial charge in [0, 0.05) is 19.3 Å². The number of pyridine rings is 1. The number of hydrogen-bond donors (Lipinski definition) is 1. The lowest BCUT2D eigenvalue weighted by Gasteiger charge is -2.39. The maximum Gasteiger partial charge on any atom is 0.131 e. The number of aliphatic hydroxyl groups excluding tert-OH is 1. The molecule has 0 radical (unpaired) electrons. The van der Waals surface area contributed by atoms with Crippen LogP contribution in [0.15, 0.2) is 12.3 Å². The van der Waals surface area contributed by atoms with Crippen molar-refractivity contribution >= 4 is 5.82 Å². The van der Waals surface area contributed by atoms with Crippen LogP contribution in [-0.4, -0.2) is 23.2 Å². The summed E-state index contributed by atoms with van der Waals surface area (Å²) in [6.07, 6.45) is 4.27. The van der Waals surface area contributed by atoms with E-state index in [2.05, 4.69) is 37.6 Å². The minimum Gasteiger partial charge on any atom is -0.392 e. The van der Waals surface area contributed by atoms with E-state index in [1.54, 1.807) is 6.20 Å². The third-order valence-corrected chi connectivity index (χ3v) is 4.31. The standard InChI is InChI=1S/C16H26N2O/c1-12-9-13(11-19)10-17-15(12)18-7-5-14(6-8-18)16(2,3)4/h9-10,14,19H,5-8,11H2,1-4H3. The molecule has 0 spiro atoms. The summed E-state index contributed by atoms with van der Waals surface area (Å²) in [6.45, 7) is 11.4. The van der Waals surface area contributed by atoms with Crippen molar-refractivity contribution in [1.29, 1.82) is 0 Å². The normalized spacial score (nSPS) is 17.8. The zero-order valence-corrected chi connectivity index (χ0v) is 12.6. The van der Waals surface area contributed by atoms with E-state index >= 15 is 0 Å². The van der Waals surface area contributed by atoms with Crippen LogP contribution in [0.3, 0.4) is 0 Å². The van der Waals surface area contributed by atoms with Crippen LogP contribution in [0, 0.1) is 18.3 Å². The monoisotopic (exact) mass is 262 g/mol. The van der Waals surface area contributed by atoms with Gasteiger partial charge in [0.15, 0.2) is 0 Å². The van der Waals surface area contributed by atoms with E-state index in [4.69, 9.17) is 5.11 Å². The van der Waals surface area contributed by atoms with Gasteiger partial charge in [0.25, 0.3) is 0 Å². The average Bonchev–Trinajstić information content (AvgIpc) is 2.37. The summed E-state index contributed by atoms with van der Waals surface area (Å²) in [4.78, 5) is 6.91. The second-order valence-electron chi connectivity index (χ2n) is 6.77. The zero-order valence-electron chi connectivity index (χ0n) is 12.6. The van der Waals surface area contributed by atoms with Crippen LogP contribution in [-0.2, 0) is 6.61 Å². The van der Waals surface area contributed by atoms with Crippen LogP contribution in [0.25, 0.3) is 0 Å². The van der Waals surface area contributed by atoms with Gasteiger partial charge in [-0.1, -0.05) is 20.8 Å². The van der Waals surface area contributed by atoms with Gasteiger partial charge in [0.1, 0.15) is 5.82 Å². The Bertz CT molecular complexity index is 429. The summed E-state index contributed by atoms with van der Waals surface area (Å²) in [6, 6.07) is 2.04. The Labute approximate surface area is 116 Å². The number of anilines is 1. The van der Waals surface area contributed by atoms with Crippen molar-refractivity contribution in [3.63, 3.8) is 0 Å². The molecule has 0 aromatic carbocycles. The molecule has 1 N–H and O–H groups in total. The minimum absolute atomic E-state index is 0.0697. The van der Waals surface area contributed by atoms with Crippen molar-refractivity contribution in [3.05, 3.63) is 23.4 Å². The molecule has 0 unspecified atom stereocenters. The number of aliphatic hydroxyl groups is 1. The molecule has 1 aromatic heterocycles.